The van der Waals surface area contributed by atoms with E-state index in [2.05, 4.69) is 9.71 Å². The van der Waals surface area contributed by atoms with Crippen LogP contribution in [-0.4, -0.2) is 13.4 Å². The molecular weight excluding hydrogens is 312 g/mol. The maximum atomic E-state index is 12.2. The van der Waals surface area contributed by atoms with Crippen LogP contribution in [0.4, 0.5) is 0 Å². The van der Waals surface area contributed by atoms with Crippen LogP contribution in [0.2, 0.25) is 0 Å². The number of pyridine rings is 1. The van der Waals surface area contributed by atoms with Gasteiger partial charge in [-0.3, -0.25) is 4.79 Å². The van der Waals surface area contributed by atoms with Crippen LogP contribution < -0.4 is 10.3 Å². The zero-order chi connectivity index (χ0) is 16.4. The lowest BCUT2D eigenvalue weighted by atomic mass is 10.1. The molecule has 0 saturated carbocycles. The predicted octanol–water partition coefficient (Wildman–Crippen LogP) is 2.32. The Morgan fingerprint density at radius 1 is 1.04 bits per heavy atom. The molecule has 3 aromatic rings. The molecular formula is C17H16N2O3S. The average molecular weight is 328 g/mol. The van der Waals surface area contributed by atoms with Crippen molar-refractivity contribution in [1.82, 2.24) is 9.71 Å². The number of para-hydroxylation sites is 1. The number of nitrogens with one attached hydrogen (secondary N) is 2. The first-order valence-corrected chi connectivity index (χ1v) is 8.62. The molecule has 0 amide bonds. The van der Waals surface area contributed by atoms with Gasteiger partial charge in [-0.15, -0.1) is 0 Å². The fourth-order valence-corrected chi connectivity index (χ4v) is 3.44. The van der Waals surface area contributed by atoms with Gasteiger partial charge in [-0.05, 0) is 36.1 Å². The Balaban J connectivity index is 1.91. The molecule has 0 atom stereocenters. The zero-order valence-electron chi connectivity index (χ0n) is 12.5. The number of hydrogen-bond donors (Lipinski definition) is 2. The van der Waals surface area contributed by atoms with Crippen molar-refractivity contribution >= 4 is 20.9 Å². The maximum Gasteiger partial charge on any atom is 0.252 e. The molecule has 0 radical (unpaired) electrons. The minimum absolute atomic E-state index is 0.0591. The van der Waals surface area contributed by atoms with Crippen LogP contribution in [0.1, 0.15) is 11.1 Å². The van der Waals surface area contributed by atoms with Crippen LogP contribution in [0.5, 0.6) is 0 Å². The van der Waals surface area contributed by atoms with Crippen molar-refractivity contribution in [3.63, 3.8) is 0 Å². The SMILES string of the molecule is Cc1cccc2cc(CNS(=O)(=O)c3ccccc3)c(=O)[nH]c12. The van der Waals surface area contributed by atoms with Crippen molar-refractivity contribution in [3.05, 3.63) is 76.1 Å². The summed E-state index contributed by atoms with van der Waals surface area (Å²) in [6, 6.07) is 15.5. The van der Waals surface area contributed by atoms with Gasteiger partial charge in [0.1, 0.15) is 0 Å². The second-order valence-electron chi connectivity index (χ2n) is 5.30. The van der Waals surface area contributed by atoms with Crippen molar-refractivity contribution in [2.75, 3.05) is 0 Å². The van der Waals surface area contributed by atoms with Crippen LogP contribution in [0.25, 0.3) is 10.9 Å². The summed E-state index contributed by atoms with van der Waals surface area (Å²) in [6.45, 7) is 1.85. The van der Waals surface area contributed by atoms with Crippen LogP contribution in [0, 0.1) is 6.92 Å². The molecule has 1 aromatic heterocycles. The molecule has 0 aliphatic carbocycles. The summed E-state index contributed by atoms with van der Waals surface area (Å²) in [7, 11) is -3.64. The molecule has 2 N–H and O–H groups in total. The number of hydrogen-bond acceptors (Lipinski definition) is 3. The summed E-state index contributed by atoms with van der Waals surface area (Å²) in [5.41, 5.74) is 1.83. The summed E-state index contributed by atoms with van der Waals surface area (Å²) >= 11 is 0. The number of aryl methyl sites for hydroxylation is 1. The van der Waals surface area contributed by atoms with Gasteiger partial charge in [-0.1, -0.05) is 36.4 Å². The number of H-pyrrole nitrogens is 1. The number of benzene rings is 2. The topological polar surface area (TPSA) is 79.0 Å². The lowest BCUT2D eigenvalue weighted by Gasteiger charge is -2.08. The summed E-state index contributed by atoms with van der Waals surface area (Å²) in [4.78, 5) is 15.1. The summed E-state index contributed by atoms with van der Waals surface area (Å²) in [6.07, 6.45) is 0. The Labute approximate surface area is 134 Å². The quantitative estimate of drug-likeness (QED) is 0.771. The van der Waals surface area contributed by atoms with E-state index in [1.54, 1.807) is 24.3 Å². The Kier molecular flexibility index (Phi) is 4.02. The fourth-order valence-electron chi connectivity index (χ4n) is 2.42. The second kappa shape index (κ2) is 5.98. The highest BCUT2D eigenvalue weighted by molar-refractivity contribution is 7.89. The Bertz CT molecular complexity index is 1010. The minimum atomic E-state index is -3.64. The Hall–Kier alpha value is -2.44. The molecule has 23 heavy (non-hydrogen) atoms. The van der Waals surface area contributed by atoms with Crippen molar-refractivity contribution in [3.8, 4) is 0 Å². The smallest absolute Gasteiger partial charge is 0.252 e. The van der Waals surface area contributed by atoms with Gasteiger partial charge in [0.05, 0.1) is 10.4 Å². The number of rotatable bonds is 4. The third-order valence-corrected chi connectivity index (χ3v) is 5.09. The highest BCUT2D eigenvalue weighted by Crippen LogP contribution is 2.15. The lowest BCUT2D eigenvalue weighted by molar-refractivity contribution is 0.581. The molecule has 0 unspecified atom stereocenters. The number of fused-ring (bicyclic) bond motifs is 1. The minimum Gasteiger partial charge on any atom is -0.321 e. The van der Waals surface area contributed by atoms with Gasteiger partial charge < -0.3 is 4.98 Å². The largest absolute Gasteiger partial charge is 0.321 e. The predicted molar refractivity (Wildman–Crippen MR) is 89.8 cm³/mol. The Morgan fingerprint density at radius 3 is 2.52 bits per heavy atom. The molecule has 0 bridgehead atoms. The summed E-state index contributed by atoms with van der Waals surface area (Å²) in [5.74, 6) is 0. The normalized spacial score (nSPS) is 11.7. The standard InChI is InChI=1S/C17H16N2O3S/c1-12-6-5-7-13-10-14(17(20)19-16(12)13)11-18-23(21,22)15-8-3-2-4-9-15/h2-10,18H,11H2,1H3,(H,19,20). The molecule has 0 spiro atoms. The van der Waals surface area contributed by atoms with Crippen molar-refractivity contribution in [1.29, 1.82) is 0 Å². The van der Waals surface area contributed by atoms with Crippen LogP contribution >= 0.6 is 0 Å². The number of aromatic amines is 1. The van der Waals surface area contributed by atoms with Crippen molar-refractivity contribution < 1.29 is 8.42 Å². The van der Waals surface area contributed by atoms with E-state index >= 15 is 0 Å². The third-order valence-electron chi connectivity index (χ3n) is 3.67. The van der Waals surface area contributed by atoms with Gasteiger partial charge in [-0.2, -0.15) is 0 Å². The highest BCUT2D eigenvalue weighted by Gasteiger charge is 2.14. The second-order valence-corrected chi connectivity index (χ2v) is 7.07. The van der Waals surface area contributed by atoms with Crippen molar-refractivity contribution in [2.45, 2.75) is 18.4 Å². The van der Waals surface area contributed by atoms with Crippen LogP contribution in [0.15, 0.2) is 64.3 Å². The van der Waals surface area contributed by atoms with Crippen molar-refractivity contribution in [2.24, 2.45) is 0 Å². The van der Waals surface area contributed by atoms with Gasteiger partial charge in [0, 0.05) is 12.1 Å². The Morgan fingerprint density at radius 2 is 1.78 bits per heavy atom. The number of aromatic nitrogens is 1. The number of sulfonamides is 1. The van der Waals surface area contributed by atoms with E-state index in [1.165, 1.54) is 12.1 Å². The van der Waals surface area contributed by atoms with E-state index < -0.39 is 10.0 Å². The molecule has 0 fully saturated rings. The fraction of sp³-hybridized carbons (Fsp3) is 0.118. The van der Waals surface area contributed by atoms with E-state index in [1.807, 2.05) is 25.1 Å². The monoisotopic (exact) mass is 328 g/mol. The van der Waals surface area contributed by atoms with E-state index in [0.717, 1.165) is 16.5 Å². The van der Waals surface area contributed by atoms with Gasteiger partial charge in [0.2, 0.25) is 10.0 Å². The van der Waals surface area contributed by atoms with Gasteiger partial charge >= 0.3 is 0 Å². The van der Waals surface area contributed by atoms with Gasteiger partial charge in [0.15, 0.2) is 0 Å². The molecule has 2 aromatic carbocycles. The van der Waals surface area contributed by atoms with E-state index in [0.29, 0.717) is 5.56 Å². The molecule has 1 heterocycles. The van der Waals surface area contributed by atoms with E-state index in [-0.39, 0.29) is 17.0 Å². The zero-order valence-corrected chi connectivity index (χ0v) is 13.4. The third kappa shape index (κ3) is 3.18. The highest BCUT2D eigenvalue weighted by atomic mass is 32.2. The average Bonchev–Trinajstić information content (AvgIpc) is 2.55. The first kappa shape index (κ1) is 15.5. The maximum absolute atomic E-state index is 12.2. The van der Waals surface area contributed by atoms with Gasteiger partial charge in [-0.25, -0.2) is 13.1 Å². The lowest BCUT2D eigenvalue weighted by Crippen LogP contribution is -2.27. The first-order chi connectivity index (χ1) is 11.0. The molecule has 6 heteroatoms. The first-order valence-electron chi connectivity index (χ1n) is 7.13. The van der Waals surface area contributed by atoms with Gasteiger partial charge in [0.25, 0.3) is 5.56 Å². The van der Waals surface area contributed by atoms with Crippen LogP contribution in [0.3, 0.4) is 0 Å². The summed E-state index contributed by atoms with van der Waals surface area (Å²) in [5, 5.41) is 0.874. The van der Waals surface area contributed by atoms with E-state index in [9.17, 15) is 13.2 Å². The molecule has 0 saturated heterocycles. The van der Waals surface area contributed by atoms with E-state index in [4.69, 9.17) is 0 Å². The molecule has 3 rings (SSSR count). The molecule has 0 aliphatic rings. The molecule has 0 aliphatic heterocycles. The molecule has 5 nitrogen and oxygen atoms in total. The summed E-state index contributed by atoms with van der Waals surface area (Å²) < 4.78 is 26.9. The van der Waals surface area contributed by atoms with Crippen LogP contribution in [-0.2, 0) is 16.6 Å². The molecule has 118 valence electrons.